The molecule has 0 saturated heterocycles. The number of rotatable bonds is 3. The first-order valence-corrected chi connectivity index (χ1v) is 5.79. The van der Waals surface area contributed by atoms with Gasteiger partial charge >= 0.3 is 0 Å². The Morgan fingerprint density at radius 1 is 1.53 bits per heavy atom. The van der Waals surface area contributed by atoms with E-state index in [1.807, 2.05) is 6.92 Å². The minimum absolute atomic E-state index is 0.0856. The minimum atomic E-state index is -0.510. The van der Waals surface area contributed by atoms with E-state index in [0.717, 1.165) is 0 Å². The van der Waals surface area contributed by atoms with E-state index in [0.29, 0.717) is 22.9 Å². The lowest BCUT2D eigenvalue weighted by Gasteiger charge is -2.00. The standard InChI is InChI=1S/C11H9BrFN3O/c1-2-16-5-7(6-17)10(15-16)11-9(13)3-8(12)4-14-11/h3-6H,2H2,1H3. The van der Waals surface area contributed by atoms with E-state index in [1.165, 1.54) is 12.3 Å². The van der Waals surface area contributed by atoms with Crippen molar-refractivity contribution in [1.29, 1.82) is 0 Å². The van der Waals surface area contributed by atoms with Crippen LogP contribution in [0.5, 0.6) is 0 Å². The number of halogens is 2. The topological polar surface area (TPSA) is 47.8 Å². The number of nitrogens with zero attached hydrogens (tertiary/aromatic N) is 3. The van der Waals surface area contributed by atoms with Crippen LogP contribution in [0.4, 0.5) is 4.39 Å². The van der Waals surface area contributed by atoms with Gasteiger partial charge in [0.15, 0.2) is 12.1 Å². The van der Waals surface area contributed by atoms with Crippen LogP contribution in [-0.4, -0.2) is 21.1 Å². The zero-order chi connectivity index (χ0) is 12.4. The summed E-state index contributed by atoms with van der Waals surface area (Å²) in [4.78, 5) is 14.8. The highest BCUT2D eigenvalue weighted by atomic mass is 79.9. The van der Waals surface area contributed by atoms with Gasteiger partial charge in [-0.25, -0.2) is 4.39 Å². The van der Waals surface area contributed by atoms with Crippen LogP contribution in [0, 0.1) is 5.82 Å². The maximum atomic E-state index is 13.7. The van der Waals surface area contributed by atoms with Gasteiger partial charge in [0.1, 0.15) is 11.4 Å². The summed E-state index contributed by atoms with van der Waals surface area (Å²) in [6, 6.07) is 1.29. The first kappa shape index (κ1) is 11.9. The van der Waals surface area contributed by atoms with Gasteiger partial charge in [-0.15, -0.1) is 0 Å². The first-order chi connectivity index (χ1) is 8.15. The second-order valence-electron chi connectivity index (χ2n) is 3.39. The molecule has 0 atom stereocenters. The zero-order valence-electron chi connectivity index (χ0n) is 9.02. The second-order valence-corrected chi connectivity index (χ2v) is 4.31. The van der Waals surface area contributed by atoms with E-state index in [2.05, 4.69) is 26.0 Å². The molecule has 6 heteroatoms. The van der Waals surface area contributed by atoms with E-state index in [4.69, 9.17) is 0 Å². The number of aryl methyl sites for hydroxylation is 1. The normalized spacial score (nSPS) is 10.5. The van der Waals surface area contributed by atoms with Crippen molar-refractivity contribution < 1.29 is 9.18 Å². The summed E-state index contributed by atoms with van der Waals surface area (Å²) in [5.41, 5.74) is 0.690. The van der Waals surface area contributed by atoms with Crippen molar-refractivity contribution in [3.05, 3.63) is 34.3 Å². The lowest BCUT2D eigenvalue weighted by molar-refractivity contribution is 0.112. The Hall–Kier alpha value is -1.56. The number of pyridine rings is 1. The summed E-state index contributed by atoms with van der Waals surface area (Å²) >= 11 is 3.13. The van der Waals surface area contributed by atoms with Gasteiger partial charge in [-0.2, -0.15) is 5.10 Å². The molecule has 0 aliphatic carbocycles. The van der Waals surface area contributed by atoms with Crippen molar-refractivity contribution in [2.45, 2.75) is 13.5 Å². The first-order valence-electron chi connectivity index (χ1n) is 4.99. The SMILES string of the molecule is CCn1cc(C=O)c(-c2ncc(Br)cc2F)n1. The molecule has 0 fully saturated rings. The Bertz CT molecular complexity index is 568. The summed E-state index contributed by atoms with van der Waals surface area (Å²) in [7, 11) is 0. The van der Waals surface area contributed by atoms with Gasteiger partial charge in [-0.05, 0) is 28.9 Å². The number of aromatic nitrogens is 3. The van der Waals surface area contributed by atoms with Gasteiger partial charge in [-0.1, -0.05) is 0 Å². The molecule has 0 radical (unpaired) electrons. The van der Waals surface area contributed by atoms with Crippen LogP contribution in [0.1, 0.15) is 17.3 Å². The Morgan fingerprint density at radius 3 is 2.88 bits per heavy atom. The molecule has 0 unspecified atom stereocenters. The molecule has 2 rings (SSSR count). The van der Waals surface area contributed by atoms with Crippen LogP contribution in [0.3, 0.4) is 0 Å². The molecule has 0 amide bonds. The Balaban J connectivity index is 2.58. The van der Waals surface area contributed by atoms with E-state index in [-0.39, 0.29) is 11.4 Å². The van der Waals surface area contributed by atoms with Gasteiger partial charge in [0, 0.05) is 23.4 Å². The van der Waals surface area contributed by atoms with Crippen LogP contribution in [0.2, 0.25) is 0 Å². The molecule has 0 spiro atoms. The maximum Gasteiger partial charge on any atom is 0.153 e. The van der Waals surface area contributed by atoms with Crippen molar-refractivity contribution in [3.63, 3.8) is 0 Å². The predicted octanol–water partition coefficient (Wildman–Crippen LogP) is 2.68. The highest BCUT2D eigenvalue weighted by Gasteiger charge is 2.15. The Kier molecular flexibility index (Phi) is 3.33. The van der Waals surface area contributed by atoms with Gasteiger partial charge in [0.25, 0.3) is 0 Å². The summed E-state index contributed by atoms with van der Waals surface area (Å²) in [5, 5.41) is 4.13. The molecular weight excluding hydrogens is 289 g/mol. The van der Waals surface area contributed by atoms with E-state index < -0.39 is 5.82 Å². The van der Waals surface area contributed by atoms with Gasteiger partial charge in [0.2, 0.25) is 0 Å². The number of aldehydes is 1. The van der Waals surface area contributed by atoms with Crippen LogP contribution >= 0.6 is 15.9 Å². The lowest BCUT2D eigenvalue weighted by Crippen LogP contribution is -1.96. The van der Waals surface area contributed by atoms with Gasteiger partial charge in [-0.3, -0.25) is 14.5 Å². The molecule has 4 nitrogen and oxygen atoms in total. The smallest absolute Gasteiger partial charge is 0.153 e. The van der Waals surface area contributed by atoms with Crippen molar-refractivity contribution in [1.82, 2.24) is 14.8 Å². The number of carbonyl (C=O) groups is 1. The van der Waals surface area contributed by atoms with Crippen molar-refractivity contribution in [3.8, 4) is 11.4 Å². The van der Waals surface area contributed by atoms with Gasteiger partial charge in [0.05, 0.1) is 5.56 Å². The average molecular weight is 298 g/mol. The molecule has 0 saturated carbocycles. The number of hydrogen-bond donors (Lipinski definition) is 0. The third kappa shape index (κ3) is 2.26. The summed E-state index contributed by atoms with van der Waals surface area (Å²) in [6.07, 6.45) is 3.70. The molecule has 0 bridgehead atoms. The largest absolute Gasteiger partial charge is 0.298 e. The highest BCUT2D eigenvalue weighted by Crippen LogP contribution is 2.23. The lowest BCUT2D eigenvalue weighted by atomic mass is 10.2. The fraction of sp³-hybridized carbons (Fsp3) is 0.182. The fourth-order valence-electron chi connectivity index (χ4n) is 1.46. The summed E-state index contributed by atoms with van der Waals surface area (Å²) in [5.74, 6) is -0.510. The molecule has 2 aromatic heterocycles. The van der Waals surface area contributed by atoms with Crippen LogP contribution < -0.4 is 0 Å². The van der Waals surface area contributed by atoms with Crippen LogP contribution in [0.15, 0.2) is 22.9 Å². The second kappa shape index (κ2) is 4.75. The minimum Gasteiger partial charge on any atom is -0.298 e. The molecule has 0 aliphatic heterocycles. The maximum absolute atomic E-state index is 13.7. The van der Waals surface area contributed by atoms with E-state index in [9.17, 15) is 9.18 Å². The van der Waals surface area contributed by atoms with Crippen molar-refractivity contribution >= 4 is 22.2 Å². The number of carbonyl (C=O) groups excluding carboxylic acids is 1. The molecule has 0 N–H and O–H groups in total. The Labute approximate surface area is 106 Å². The fourth-order valence-corrected chi connectivity index (χ4v) is 1.76. The molecule has 0 aromatic carbocycles. The van der Waals surface area contributed by atoms with Crippen LogP contribution in [-0.2, 0) is 6.54 Å². The van der Waals surface area contributed by atoms with E-state index in [1.54, 1.807) is 10.9 Å². The van der Waals surface area contributed by atoms with Crippen molar-refractivity contribution in [2.75, 3.05) is 0 Å². The highest BCUT2D eigenvalue weighted by molar-refractivity contribution is 9.10. The van der Waals surface area contributed by atoms with Gasteiger partial charge < -0.3 is 0 Å². The summed E-state index contributed by atoms with van der Waals surface area (Å²) in [6.45, 7) is 2.50. The summed E-state index contributed by atoms with van der Waals surface area (Å²) < 4.78 is 15.8. The molecule has 2 heterocycles. The Morgan fingerprint density at radius 2 is 2.29 bits per heavy atom. The number of hydrogen-bond acceptors (Lipinski definition) is 3. The van der Waals surface area contributed by atoms with Crippen molar-refractivity contribution in [2.24, 2.45) is 0 Å². The predicted molar refractivity (Wildman–Crippen MR) is 64.2 cm³/mol. The average Bonchev–Trinajstić information content (AvgIpc) is 2.72. The molecule has 0 aliphatic rings. The zero-order valence-corrected chi connectivity index (χ0v) is 10.6. The third-order valence-electron chi connectivity index (χ3n) is 2.27. The molecule has 2 aromatic rings. The monoisotopic (exact) mass is 297 g/mol. The molecule has 17 heavy (non-hydrogen) atoms. The van der Waals surface area contributed by atoms with Crippen LogP contribution in [0.25, 0.3) is 11.4 Å². The molecular formula is C11H9BrFN3O. The third-order valence-corrected chi connectivity index (χ3v) is 2.71. The quantitative estimate of drug-likeness (QED) is 0.819. The molecule has 88 valence electrons. The van der Waals surface area contributed by atoms with E-state index >= 15 is 0 Å².